The van der Waals surface area contributed by atoms with Gasteiger partial charge >= 0.3 is 0 Å². The van der Waals surface area contributed by atoms with Gasteiger partial charge in [-0.05, 0) is 6.42 Å². The van der Waals surface area contributed by atoms with Crippen LogP contribution in [0, 0.1) is 0 Å². The first-order valence-electron chi connectivity index (χ1n) is 4.49. The average Bonchev–Trinajstić information content (AvgIpc) is 2.65. The number of nitrogens with zero attached hydrogens (tertiary/aromatic N) is 3. The molecule has 84 valence electrons. The van der Waals surface area contributed by atoms with Crippen LogP contribution < -0.4 is 0 Å². The Kier molecular flexibility index (Phi) is 4.34. The van der Waals surface area contributed by atoms with Crippen molar-refractivity contribution >= 4 is 28.0 Å². The monoisotopic (exact) mass is 247 g/mol. The highest BCUT2D eigenvalue weighted by molar-refractivity contribution is 7.87. The molecule has 1 atom stereocenters. The Morgan fingerprint density at radius 1 is 1.47 bits per heavy atom. The van der Waals surface area contributed by atoms with Gasteiger partial charge in [-0.25, -0.2) is 0 Å². The lowest BCUT2D eigenvalue weighted by atomic mass is 10.6. The summed E-state index contributed by atoms with van der Waals surface area (Å²) < 4.78 is 12.0. The van der Waals surface area contributed by atoms with Gasteiger partial charge in [0.1, 0.15) is 0 Å². The van der Waals surface area contributed by atoms with Crippen molar-refractivity contribution in [3.8, 4) is 0 Å². The van der Waals surface area contributed by atoms with Gasteiger partial charge in [0.2, 0.25) is 9.35 Å². The second-order valence-corrected chi connectivity index (χ2v) is 5.84. The fourth-order valence-electron chi connectivity index (χ4n) is 0.852. The molecule has 1 aromatic heterocycles. The SMILES string of the molecule is CCCS(=O)c1nnc(C(=O)N(C)C)s1. The second-order valence-electron chi connectivity index (χ2n) is 3.12. The topological polar surface area (TPSA) is 63.2 Å². The van der Waals surface area contributed by atoms with Crippen LogP contribution in [0.2, 0.25) is 0 Å². The van der Waals surface area contributed by atoms with E-state index in [1.54, 1.807) is 14.1 Å². The number of aromatic nitrogens is 2. The standard InChI is InChI=1S/C8H13N3O2S2/c1-4-5-15(13)8-10-9-6(14-8)7(12)11(2)3/h4-5H2,1-3H3. The molecule has 1 amide bonds. The van der Waals surface area contributed by atoms with Crippen molar-refractivity contribution in [1.29, 1.82) is 0 Å². The number of carbonyl (C=O) groups is 1. The second kappa shape index (κ2) is 5.32. The molecule has 1 aromatic rings. The molecule has 1 unspecified atom stereocenters. The normalized spacial score (nSPS) is 12.5. The van der Waals surface area contributed by atoms with Crippen molar-refractivity contribution in [1.82, 2.24) is 15.1 Å². The van der Waals surface area contributed by atoms with E-state index >= 15 is 0 Å². The molecule has 0 aliphatic heterocycles. The number of amides is 1. The minimum absolute atomic E-state index is 0.202. The van der Waals surface area contributed by atoms with Gasteiger partial charge in [-0.2, -0.15) is 0 Å². The van der Waals surface area contributed by atoms with Gasteiger partial charge in [-0.1, -0.05) is 18.3 Å². The summed E-state index contributed by atoms with van der Waals surface area (Å²) in [6.45, 7) is 1.95. The molecule has 0 aromatic carbocycles. The van der Waals surface area contributed by atoms with Crippen LogP contribution in [0.3, 0.4) is 0 Å². The van der Waals surface area contributed by atoms with E-state index in [4.69, 9.17) is 0 Å². The quantitative estimate of drug-likeness (QED) is 0.788. The van der Waals surface area contributed by atoms with Crippen molar-refractivity contribution < 1.29 is 9.00 Å². The van der Waals surface area contributed by atoms with Gasteiger partial charge < -0.3 is 4.90 Å². The molecule has 0 spiro atoms. The Balaban J connectivity index is 2.80. The third kappa shape index (κ3) is 3.07. The van der Waals surface area contributed by atoms with Gasteiger partial charge in [0.25, 0.3) is 5.91 Å². The lowest BCUT2D eigenvalue weighted by Gasteiger charge is -2.05. The molecule has 0 aliphatic rings. The van der Waals surface area contributed by atoms with Gasteiger partial charge in [0.05, 0.1) is 10.8 Å². The number of hydrogen-bond acceptors (Lipinski definition) is 5. The van der Waals surface area contributed by atoms with Gasteiger partial charge in [0.15, 0.2) is 0 Å². The third-order valence-corrected chi connectivity index (χ3v) is 4.34. The van der Waals surface area contributed by atoms with Crippen molar-refractivity contribution in [2.75, 3.05) is 19.8 Å². The first kappa shape index (κ1) is 12.3. The van der Waals surface area contributed by atoms with Gasteiger partial charge in [-0.15, -0.1) is 10.2 Å². The molecule has 15 heavy (non-hydrogen) atoms. The summed E-state index contributed by atoms with van der Waals surface area (Å²) in [6.07, 6.45) is 0.823. The largest absolute Gasteiger partial charge is 0.343 e. The summed E-state index contributed by atoms with van der Waals surface area (Å²) >= 11 is 1.10. The highest BCUT2D eigenvalue weighted by atomic mass is 32.2. The number of hydrogen-bond donors (Lipinski definition) is 0. The maximum atomic E-state index is 11.5. The predicted octanol–water partition coefficient (Wildman–Crippen LogP) is 0.758. The van der Waals surface area contributed by atoms with Crippen LogP contribution >= 0.6 is 11.3 Å². The molecule has 0 bridgehead atoms. The zero-order valence-electron chi connectivity index (χ0n) is 8.89. The highest BCUT2D eigenvalue weighted by Crippen LogP contribution is 2.15. The molecule has 0 N–H and O–H groups in total. The Bertz CT molecular complexity index is 376. The molecule has 0 radical (unpaired) electrons. The average molecular weight is 247 g/mol. The van der Waals surface area contributed by atoms with Crippen molar-refractivity contribution in [3.63, 3.8) is 0 Å². The summed E-state index contributed by atoms with van der Waals surface area (Å²) in [4.78, 5) is 12.9. The third-order valence-electron chi connectivity index (χ3n) is 1.58. The van der Waals surface area contributed by atoms with E-state index in [0.717, 1.165) is 17.8 Å². The van der Waals surface area contributed by atoms with E-state index in [2.05, 4.69) is 10.2 Å². The van der Waals surface area contributed by atoms with Crippen LogP contribution in [0.15, 0.2) is 4.34 Å². The van der Waals surface area contributed by atoms with Crippen molar-refractivity contribution in [2.45, 2.75) is 17.7 Å². The molecule has 1 rings (SSSR count). The maximum Gasteiger partial charge on any atom is 0.284 e. The van der Waals surface area contributed by atoms with E-state index in [1.165, 1.54) is 4.90 Å². The summed E-state index contributed by atoms with van der Waals surface area (Å²) in [7, 11) is 2.17. The summed E-state index contributed by atoms with van der Waals surface area (Å²) in [6, 6.07) is 0. The molecular weight excluding hydrogens is 234 g/mol. The van der Waals surface area contributed by atoms with Gasteiger partial charge in [-0.3, -0.25) is 9.00 Å². The van der Waals surface area contributed by atoms with Crippen LogP contribution in [0.5, 0.6) is 0 Å². The highest BCUT2D eigenvalue weighted by Gasteiger charge is 2.17. The molecular formula is C8H13N3O2S2. The zero-order valence-corrected chi connectivity index (χ0v) is 10.5. The lowest BCUT2D eigenvalue weighted by molar-refractivity contribution is 0.0826. The summed E-state index contributed by atoms with van der Waals surface area (Å²) in [5.74, 6) is 0.359. The van der Waals surface area contributed by atoms with E-state index < -0.39 is 10.8 Å². The minimum Gasteiger partial charge on any atom is -0.343 e. The van der Waals surface area contributed by atoms with Crippen molar-refractivity contribution in [2.24, 2.45) is 0 Å². The molecule has 0 fully saturated rings. The molecule has 0 aliphatic carbocycles. The van der Waals surface area contributed by atoms with Crippen LogP contribution in [0.1, 0.15) is 23.1 Å². The fraction of sp³-hybridized carbons (Fsp3) is 0.625. The zero-order chi connectivity index (χ0) is 11.4. The van der Waals surface area contributed by atoms with E-state index in [-0.39, 0.29) is 5.91 Å². The Labute approximate surface area is 95.0 Å². The summed E-state index contributed by atoms with van der Waals surface area (Å²) in [5.41, 5.74) is 0. The van der Waals surface area contributed by atoms with Crippen LogP contribution in [0.25, 0.3) is 0 Å². The maximum absolute atomic E-state index is 11.5. The number of rotatable bonds is 4. The van der Waals surface area contributed by atoms with Gasteiger partial charge in [0, 0.05) is 19.8 Å². The molecule has 0 saturated heterocycles. The van der Waals surface area contributed by atoms with Crippen molar-refractivity contribution in [3.05, 3.63) is 5.01 Å². The number of carbonyl (C=O) groups excluding carboxylic acids is 1. The molecule has 7 heteroatoms. The van der Waals surface area contributed by atoms with E-state index in [1.807, 2.05) is 6.92 Å². The Morgan fingerprint density at radius 3 is 2.67 bits per heavy atom. The smallest absolute Gasteiger partial charge is 0.284 e. The van der Waals surface area contributed by atoms with Crippen LogP contribution in [-0.2, 0) is 10.8 Å². The Hall–Kier alpha value is -0.820. The molecule has 5 nitrogen and oxygen atoms in total. The van der Waals surface area contributed by atoms with E-state index in [0.29, 0.717) is 15.1 Å². The fourth-order valence-corrected chi connectivity index (χ4v) is 2.99. The first-order valence-corrected chi connectivity index (χ1v) is 6.63. The lowest BCUT2D eigenvalue weighted by Crippen LogP contribution is -2.21. The molecule has 1 heterocycles. The minimum atomic E-state index is -1.12. The Morgan fingerprint density at radius 2 is 2.13 bits per heavy atom. The molecule has 0 saturated carbocycles. The first-order chi connectivity index (χ1) is 7.06. The van der Waals surface area contributed by atoms with Crippen LogP contribution in [0.4, 0.5) is 0 Å². The summed E-state index contributed by atoms with van der Waals surface area (Å²) in [5, 5.41) is 7.78. The van der Waals surface area contributed by atoms with Crippen LogP contribution in [-0.4, -0.2) is 45.1 Å². The van der Waals surface area contributed by atoms with E-state index in [9.17, 15) is 9.00 Å². The predicted molar refractivity (Wildman–Crippen MR) is 59.5 cm³/mol.